The van der Waals surface area contributed by atoms with Gasteiger partial charge in [-0.2, -0.15) is 0 Å². The van der Waals surface area contributed by atoms with Crippen molar-refractivity contribution in [2.75, 3.05) is 0 Å². The molecule has 0 fully saturated rings. The van der Waals surface area contributed by atoms with Gasteiger partial charge in [0, 0.05) is 64.8 Å². The fourth-order valence-corrected chi connectivity index (χ4v) is 3.68. The summed E-state index contributed by atoms with van der Waals surface area (Å²) in [4.78, 5) is 26.3. The molecule has 6 rings (SSSR count). The van der Waals surface area contributed by atoms with Gasteiger partial charge in [0.15, 0.2) is 0 Å². The molecule has 6 aromatic rings. The summed E-state index contributed by atoms with van der Waals surface area (Å²) in [5, 5.41) is 0. The second-order valence-corrected chi connectivity index (χ2v) is 7.66. The molecule has 0 bridgehead atoms. The van der Waals surface area contributed by atoms with Crippen LogP contribution >= 0.6 is 0 Å². The molecule has 0 aliphatic heterocycles. The van der Waals surface area contributed by atoms with Gasteiger partial charge in [0.25, 0.3) is 0 Å². The number of rotatable bonds is 4. The van der Waals surface area contributed by atoms with Gasteiger partial charge < -0.3 is 0 Å². The van der Waals surface area contributed by atoms with Crippen molar-refractivity contribution in [3.05, 3.63) is 134 Å². The van der Waals surface area contributed by atoms with Gasteiger partial charge in [0.2, 0.25) is 0 Å². The molecule has 0 saturated carbocycles. The molecule has 6 aromatic heterocycles. The summed E-state index contributed by atoms with van der Waals surface area (Å²) >= 11 is 0. The van der Waals surface area contributed by atoms with Crippen LogP contribution in [0.3, 0.4) is 0 Å². The molecular weight excluding hydrogens is 503 g/mol. The normalized spacial score (nSPS) is 9.95. The topological polar surface area (TPSA) is 77.3 Å². The van der Waals surface area contributed by atoms with E-state index in [2.05, 4.69) is 29.9 Å². The third-order valence-electron chi connectivity index (χ3n) is 5.31. The Labute approximate surface area is 225 Å². The van der Waals surface area contributed by atoms with Gasteiger partial charge in [0.1, 0.15) is 0 Å². The number of hydrogen-bond donors (Lipinski definition) is 0. The van der Waals surface area contributed by atoms with E-state index in [0.29, 0.717) is 0 Å². The van der Waals surface area contributed by atoms with Crippen LogP contribution in [0.1, 0.15) is 0 Å². The van der Waals surface area contributed by atoms with Gasteiger partial charge in [-0.15, -0.1) is 0 Å². The number of hydrogen-bond acceptors (Lipinski definition) is 6. The second-order valence-electron chi connectivity index (χ2n) is 7.66. The molecule has 6 heterocycles. The molecule has 0 atom stereocenters. The molecule has 7 heteroatoms. The Morgan fingerprint density at radius 1 is 0.297 bits per heavy atom. The van der Waals surface area contributed by atoms with E-state index in [9.17, 15) is 0 Å². The van der Waals surface area contributed by atoms with Crippen LogP contribution < -0.4 is 0 Å². The van der Waals surface area contributed by atoms with Gasteiger partial charge in [-0.25, -0.2) is 0 Å². The summed E-state index contributed by atoms with van der Waals surface area (Å²) in [5.41, 5.74) is 7.25. The molecule has 0 N–H and O–H groups in total. The summed E-state index contributed by atoms with van der Waals surface area (Å²) in [7, 11) is 0. The Balaban J connectivity index is 0.000000168. The average Bonchev–Trinajstić information content (AvgIpc) is 2.99. The second kappa shape index (κ2) is 12.9. The standard InChI is InChI=1S/2C15H11N3.Ni/c2*1-3-9-16-13(7-1)12-6-5-11-18-15(12)14-8-2-4-10-17-14;/h2*1-11H;. The van der Waals surface area contributed by atoms with E-state index < -0.39 is 0 Å². The predicted molar refractivity (Wildman–Crippen MR) is 141 cm³/mol. The van der Waals surface area contributed by atoms with E-state index in [4.69, 9.17) is 0 Å². The molecule has 0 amide bonds. The Hall–Kier alpha value is -4.61. The van der Waals surface area contributed by atoms with Crippen molar-refractivity contribution in [2.24, 2.45) is 0 Å². The smallest absolute Gasteiger partial charge is 0.0980 e. The van der Waals surface area contributed by atoms with E-state index in [1.54, 1.807) is 37.2 Å². The first kappa shape index (κ1) is 25.5. The molecule has 0 aliphatic carbocycles. The zero-order valence-corrected chi connectivity index (χ0v) is 20.7. The first-order valence-corrected chi connectivity index (χ1v) is 11.5. The van der Waals surface area contributed by atoms with Crippen LogP contribution in [0.25, 0.3) is 45.3 Å². The maximum absolute atomic E-state index is 4.42. The largest absolute Gasteiger partial charge is 0.256 e. The first-order chi connectivity index (χ1) is 17.9. The summed E-state index contributed by atoms with van der Waals surface area (Å²) in [6.45, 7) is 0. The third-order valence-corrected chi connectivity index (χ3v) is 5.31. The zero-order chi connectivity index (χ0) is 24.4. The van der Waals surface area contributed by atoms with Gasteiger partial charge >= 0.3 is 0 Å². The van der Waals surface area contributed by atoms with Gasteiger partial charge in [0.05, 0.1) is 34.2 Å². The van der Waals surface area contributed by atoms with E-state index in [0.717, 1.165) is 45.3 Å². The predicted octanol–water partition coefficient (Wildman–Crippen LogP) is 6.41. The van der Waals surface area contributed by atoms with Crippen LogP contribution in [0.4, 0.5) is 0 Å². The molecule has 37 heavy (non-hydrogen) atoms. The SMILES string of the molecule is [Ni].c1ccc(-c2cccnc2-c2ccccn2)nc1.c1ccc(-c2cccnc2-c2ccccn2)nc1. The van der Waals surface area contributed by atoms with Crippen molar-refractivity contribution in [2.45, 2.75) is 0 Å². The molecule has 0 aromatic carbocycles. The van der Waals surface area contributed by atoms with Gasteiger partial charge in [-0.05, 0) is 72.8 Å². The molecule has 182 valence electrons. The maximum atomic E-state index is 4.42. The minimum absolute atomic E-state index is 0. The van der Waals surface area contributed by atoms with Crippen molar-refractivity contribution in [3.63, 3.8) is 0 Å². The minimum Gasteiger partial charge on any atom is -0.256 e. The van der Waals surface area contributed by atoms with Gasteiger partial charge in [-0.1, -0.05) is 24.3 Å². The fourth-order valence-electron chi connectivity index (χ4n) is 3.68. The summed E-state index contributed by atoms with van der Waals surface area (Å²) in [6, 6.07) is 31.2. The molecule has 0 unspecified atom stereocenters. The van der Waals surface area contributed by atoms with Crippen molar-refractivity contribution >= 4 is 0 Å². The first-order valence-electron chi connectivity index (χ1n) is 11.5. The van der Waals surface area contributed by atoms with E-state index in [-0.39, 0.29) is 16.5 Å². The molecule has 0 radical (unpaired) electrons. The average molecular weight is 525 g/mol. The van der Waals surface area contributed by atoms with E-state index in [1.807, 2.05) is 97.1 Å². The number of aromatic nitrogens is 6. The fraction of sp³-hybridized carbons (Fsp3) is 0. The quantitative estimate of drug-likeness (QED) is 0.248. The van der Waals surface area contributed by atoms with E-state index in [1.165, 1.54) is 0 Å². The molecular formula is C30H22N6Ni. The van der Waals surface area contributed by atoms with E-state index >= 15 is 0 Å². The third kappa shape index (κ3) is 6.34. The van der Waals surface area contributed by atoms with Crippen LogP contribution in [-0.2, 0) is 16.5 Å². The summed E-state index contributed by atoms with van der Waals surface area (Å²) in [6.07, 6.45) is 10.7. The van der Waals surface area contributed by atoms with Crippen LogP contribution in [-0.4, -0.2) is 29.9 Å². The monoisotopic (exact) mass is 524 g/mol. The van der Waals surface area contributed by atoms with Crippen molar-refractivity contribution in [1.29, 1.82) is 0 Å². The summed E-state index contributed by atoms with van der Waals surface area (Å²) in [5.74, 6) is 0. The molecule has 0 aliphatic rings. The van der Waals surface area contributed by atoms with Crippen molar-refractivity contribution < 1.29 is 16.5 Å². The van der Waals surface area contributed by atoms with Crippen LogP contribution in [0.5, 0.6) is 0 Å². The number of nitrogens with zero attached hydrogens (tertiary/aromatic N) is 6. The Morgan fingerprint density at radius 2 is 0.622 bits per heavy atom. The molecule has 0 saturated heterocycles. The maximum Gasteiger partial charge on any atom is 0.0980 e. The Bertz CT molecular complexity index is 1280. The molecule has 6 nitrogen and oxygen atoms in total. The number of pyridine rings is 6. The van der Waals surface area contributed by atoms with Crippen LogP contribution in [0, 0.1) is 0 Å². The minimum atomic E-state index is 0. The Kier molecular flexibility index (Phi) is 8.89. The summed E-state index contributed by atoms with van der Waals surface area (Å²) < 4.78 is 0. The van der Waals surface area contributed by atoms with Crippen molar-refractivity contribution in [3.8, 4) is 45.3 Å². The van der Waals surface area contributed by atoms with Crippen LogP contribution in [0.15, 0.2) is 134 Å². The molecule has 0 spiro atoms. The van der Waals surface area contributed by atoms with Crippen molar-refractivity contribution in [1.82, 2.24) is 29.9 Å². The van der Waals surface area contributed by atoms with Crippen LogP contribution in [0.2, 0.25) is 0 Å². The van der Waals surface area contributed by atoms with Gasteiger partial charge in [-0.3, -0.25) is 29.9 Å². The zero-order valence-electron chi connectivity index (χ0n) is 19.7. The Morgan fingerprint density at radius 3 is 0.946 bits per heavy atom.